The fraction of sp³-hybridized carbons (Fsp3) is 0.773. The highest BCUT2D eigenvalue weighted by Crippen LogP contribution is 2.38. The van der Waals surface area contributed by atoms with E-state index in [0.717, 1.165) is 69.2 Å². The van der Waals surface area contributed by atoms with E-state index < -0.39 is 172 Å². The quantitative estimate of drug-likeness (QED) is 0.0308. The van der Waals surface area contributed by atoms with Gasteiger partial charge in [-0.2, -0.15) is 0 Å². The van der Waals surface area contributed by atoms with Gasteiger partial charge in [0.15, 0.2) is 67.7 Å². The van der Waals surface area contributed by atoms with Gasteiger partial charge in [0.25, 0.3) is 0 Å². The monoisotopic (exact) mass is 1050 g/mol. The molecule has 3 aliphatic rings. The largest absolute Gasteiger partial charge is 0.463 e. The first-order chi connectivity index (χ1) is 34.4. The Morgan fingerprint density at radius 3 is 1.08 bits per heavy atom. The van der Waals surface area contributed by atoms with Crippen LogP contribution in [0.15, 0.2) is 5.11 Å². The minimum absolute atomic E-state index is 0.0888. The molecule has 29 heteroatoms. The number of carbonyl (C=O) groups is 10. The van der Waals surface area contributed by atoms with Crippen LogP contribution in [0, 0.1) is 0 Å². The molecular formula is C44H63N3O26. The third-order valence-electron chi connectivity index (χ3n) is 10.3. The van der Waals surface area contributed by atoms with E-state index in [4.69, 9.17) is 81.3 Å². The lowest BCUT2D eigenvalue weighted by Crippen LogP contribution is -2.69. The molecule has 410 valence electrons. The molecule has 0 aromatic carbocycles. The van der Waals surface area contributed by atoms with Crippen molar-refractivity contribution in [1.29, 1.82) is 0 Å². The molecule has 0 aromatic rings. The van der Waals surface area contributed by atoms with Gasteiger partial charge >= 0.3 is 59.7 Å². The Labute approximate surface area is 418 Å². The summed E-state index contributed by atoms with van der Waals surface area (Å²) in [7, 11) is 0. The van der Waals surface area contributed by atoms with E-state index in [1.54, 1.807) is 0 Å². The van der Waals surface area contributed by atoms with Gasteiger partial charge in [-0.1, -0.05) is 18.0 Å². The second-order valence-corrected chi connectivity index (χ2v) is 16.5. The minimum Gasteiger partial charge on any atom is -0.463 e. The summed E-state index contributed by atoms with van der Waals surface area (Å²) in [4.78, 5) is 129. The van der Waals surface area contributed by atoms with Crippen LogP contribution in [0.4, 0.5) is 0 Å². The number of carbonyl (C=O) groups excluding carboxylic acids is 10. The smallest absolute Gasteiger partial charge is 0.303 e. The number of azide groups is 1. The highest BCUT2D eigenvalue weighted by atomic mass is 16.8. The second-order valence-electron chi connectivity index (χ2n) is 16.5. The molecule has 0 saturated carbocycles. The summed E-state index contributed by atoms with van der Waals surface area (Å²) in [6.07, 6.45) is -24.6. The molecule has 0 N–H and O–H groups in total. The van der Waals surface area contributed by atoms with Gasteiger partial charge in [-0.25, -0.2) is 0 Å². The van der Waals surface area contributed by atoms with Crippen LogP contribution < -0.4 is 0 Å². The number of rotatable bonds is 25. The van der Waals surface area contributed by atoms with Crippen molar-refractivity contribution in [2.45, 2.75) is 187 Å². The maximum absolute atomic E-state index is 13.2. The normalized spacial score (nSPS) is 29.6. The first-order valence-electron chi connectivity index (χ1n) is 22.9. The standard InChI is InChI=1S/C44H63N3O26/c1-20(48)59-17-30-33(62-23(4)51)36(65-26(7)54)39(42(69-30)58-16-14-12-11-13-15-46-47-45)73-44-41(68-29(10)57)38(35(64-25(6)53)32(71-44)19-61-22(3)50)72-43-40(67-28(9)56)37(66-27(8)55)34(63-24(5)52)31(70-43)18-60-21(2)49/h30-44H,11-19H2,1-10H3/t30?,31?,32?,33-,34-,35-,36-,37-,38-,39?,40?,41?,42+,43-,44-/m0/s1. The number of hydrogen-bond acceptors (Lipinski definition) is 27. The number of nitrogens with zero attached hydrogens (tertiary/aromatic N) is 3. The fourth-order valence-corrected chi connectivity index (χ4v) is 7.77. The van der Waals surface area contributed by atoms with Gasteiger partial charge in [-0.15, -0.1) is 0 Å². The van der Waals surface area contributed by atoms with Crippen LogP contribution >= 0.6 is 0 Å². The zero-order valence-electron chi connectivity index (χ0n) is 42.0. The Kier molecular flexibility index (Phi) is 25.2. The van der Waals surface area contributed by atoms with E-state index in [0.29, 0.717) is 25.7 Å². The van der Waals surface area contributed by atoms with E-state index >= 15 is 0 Å². The summed E-state index contributed by atoms with van der Waals surface area (Å²) in [6.45, 7) is 8.21. The lowest BCUT2D eigenvalue weighted by atomic mass is 9.95. The van der Waals surface area contributed by atoms with Crippen molar-refractivity contribution in [2.75, 3.05) is 33.0 Å². The molecule has 0 amide bonds. The van der Waals surface area contributed by atoms with Gasteiger partial charge in [0.05, 0.1) is 0 Å². The van der Waals surface area contributed by atoms with Gasteiger partial charge in [0.1, 0.15) is 44.2 Å². The van der Waals surface area contributed by atoms with Crippen molar-refractivity contribution in [3.05, 3.63) is 10.4 Å². The third kappa shape index (κ3) is 20.3. The SMILES string of the molecule is CC(=O)OCC1O[C@@H](OCCCCCCN=[N+]=[N-])C(O[C@@H]2OC(COC(C)=O)[C@H](OC(C)=O)[C@H](O[C@@H]3OC(COC(C)=O)[C@H](OC(C)=O)[C@H](OC(C)=O)C3OC(C)=O)C2OC(C)=O)[C@@H](OC(C)=O)[C@H]1OC(C)=O. The molecule has 3 heterocycles. The van der Waals surface area contributed by atoms with Crippen molar-refractivity contribution < 1.29 is 124 Å². The molecule has 3 saturated heterocycles. The maximum Gasteiger partial charge on any atom is 0.303 e. The molecule has 0 aliphatic carbocycles. The molecule has 73 heavy (non-hydrogen) atoms. The average Bonchev–Trinajstić information content (AvgIpc) is 3.27. The molecule has 3 rings (SSSR count). The number of unbranched alkanes of at least 4 members (excludes halogenated alkanes) is 3. The van der Waals surface area contributed by atoms with Gasteiger partial charge in [-0.05, 0) is 18.4 Å². The van der Waals surface area contributed by atoms with E-state index in [-0.39, 0.29) is 13.2 Å². The molecule has 3 fully saturated rings. The summed E-state index contributed by atoms with van der Waals surface area (Å²) >= 11 is 0. The first-order valence-corrected chi connectivity index (χ1v) is 22.9. The van der Waals surface area contributed by atoms with E-state index in [1.165, 1.54) is 0 Å². The van der Waals surface area contributed by atoms with Crippen molar-refractivity contribution >= 4 is 59.7 Å². The van der Waals surface area contributed by atoms with Crippen molar-refractivity contribution in [3.63, 3.8) is 0 Å². The summed E-state index contributed by atoms with van der Waals surface area (Å²) in [5, 5.41) is 3.51. The second kappa shape index (κ2) is 30.1. The average molecular weight is 1050 g/mol. The van der Waals surface area contributed by atoms with Crippen molar-refractivity contribution in [3.8, 4) is 0 Å². The Balaban J connectivity index is 2.33. The number of ether oxygens (including phenoxy) is 16. The fourth-order valence-electron chi connectivity index (χ4n) is 7.77. The van der Waals surface area contributed by atoms with Crippen LogP contribution in [0.3, 0.4) is 0 Å². The van der Waals surface area contributed by atoms with Crippen LogP contribution in [-0.4, -0.2) is 185 Å². The van der Waals surface area contributed by atoms with Gasteiger partial charge in [0.2, 0.25) is 0 Å². The molecular weight excluding hydrogens is 986 g/mol. The van der Waals surface area contributed by atoms with Crippen molar-refractivity contribution in [2.24, 2.45) is 5.11 Å². The summed E-state index contributed by atoms with van der Waals surface area (Å²) in [5.41, 5.74) is 8.62. The number of hydrogen-bond donors (Lipinski definition) is 0. The van der Waals surface area contributed by atoms with Gasteiger partial charge in [-0.3, -0.25) is 47.9 Å². The number of esters is 10. The van der Waals surface area contributed by atoms with E-state index in [1.807, 2.05) is 0 Å². The summed E-state index contributed by atoms with van der Waals surface area (Å²) in [5.74, 6) is -9.42. The Bertz CT molecular complexity index is 2000. The molecule has 0 spiro atoms. The van der Waals surface area contributed by atoms with E-state index in [9.17, 15) is 47.9 Å². The molecule has 15 atom stereocenters. The molecule has 0 bridgehead atoms. The Morgan fingerprint density at radius 1 is 0.384 bits per heavy atom. The summed E-state index contributed by atoms with van der Waals surface area (Å²) in [6, 6.07) is 0. The van der Waals surface area contributed by atoms with Crippen LogP contribution in [0.5, 0.6) is 0 Å². The lowest BCUT2D eigenvalue weighted by molar-refractivity contribution is -0.386. The minimum atomic E-state index is -2.05. The van der Waals surface area contributed by atoms with Crippen molar-refractivity contribution in [1.82, 2.24) is 0 Å². The first kappa shape index (κ1) is 61.1. The van der Waals surface area contributed by atoms with Crippen LogP contribution in [0.2, 0.25) is 0 Å². The highest BCUT2D eigenvalue weighted by molar-refractivity contribution is 5.70. The maximum atomic E-state index is 13.2. The Hall–Kier alpha value is -6.23. The van der Waals surface area contributed by atoms with E-state index in [2.05, 4.69) is 10.0 Å². The van der Waals surface area contributed by atoms with Gasteiger partial charge < -0.3 is 75.8 Å². The van der Waals surface area contributed by atoms with Gasteiger partial charge in [0, 0.05) is 87.3 Å². The van der Waals surface area contributed by atoms with Crippen LogP contribution in [0.25, 0.3) is 10.4 Å². The zero-order valence-corrected chi connectivity index (χ0v) is 42.0. The molecule has 6 unspecified atom stereocenters. The molecule has 3 aliphatic heterocycles. The topological polar surface area (TPSA) is 367 Å². The predicted molar refractivity (Wildman–Crippen MR) is 233 cm³/mol. The molecule has 29 nitrogen and oxygen atoms in total. The Morgan fingerprint density at radius 2 is 0.699 bits per heavy atom. The molecule has 0 radical (unpaired) electrons. The highest BCUT2D eigenvalue weighted by Gasteiger charge is 2.60. The van der Waals surface area contributed by atoms with Crippen LogP contribution in [-0.2, 0) is 124 Å². The summed E-state index contributed by atoms with van der Waals surface area (Å²) < 4.78 is 93.1. The zero-order chi connectivity index (χ0) is 54.5. The third-order valence-corrected chi connectivity index (χ3v) is 10.3. The predicted octanol–water partition coefficient (Wildman–Crippen LogP) is 1.03. The lowest BCUT2D eigenvalue weighted by Gasteiger charge is -2.50. The molecule has 0 aromatic heterocycles. The van der Waals surface area contributed by atoms with Crippen LogP contribution in [0.1, 0.15) is 94.9 Å².